The van der Waals surface area contributed by atoms with Crippen LogP contribution in [0.5, 0.6) is 0 Å². The van der Waals surface area contributed by atoms with E-state index < -0.39 is 0 Å². The minimum atomic E-state index is 0.290. The molecule has 0 aromatic carbocycles. The first-order valence-electron chi connectivity index (χ1n) is 6.44. The van der Waals surface area contributed by atoms with Gasteiger partial charge >= 0.3 is 0 Å². The summed E-state index contributed by atoms with van der Waals surface area (Å²) in [6.07, 6.45) is 4.90. The van der Waals surface area contributed by atoms with E-state index in [9.17, 15) is 0 Å². The summed E-state index contributed by atoms with van der Waals surface area (Å²) in [7, 11) is 3.96. The van der Waals surface area contributed by atoms with Gasteiger partial charge < -0.3 is 15.4 Å². The van der Waals surface area contributed by atoms with Gasteiger partial charge in [-0.2, -0.15) is 0 Å². The van der Waals surface area contributed by atoms with Crippen LogP contribution in [0.3, 0.4) is 0 Å². The highest BCUT2D eigenvalue weighted by Gasteiger charge is 2.37. The molecule has 1 fully saturated rings. The normalized spacial score (nSPS) is 29.6. The lowest BCUT2D eigenvalue weighted by Crippen LogP contribution is -2.56. The molecule has 0 spiro atoms. The zero-order chi connectivity index (χ0) is 12.2. The minimum absolute atomic E-state index is 0.290. The number of likely N-dealkylation sites (N-methyl/N-ethyl adjacent to an activating group) is 1. The maximum Gasteiger partial charge on any atom is 0.0474 e. The van der Waals surface area contributed by atoms with Gasteiger partial charge in [0.25, 0.3) is 0 Å². The van der Waals surface area contributed by atoms with E-state index in [0.717, 1.165) is 19.6 Å². The summed E-state index contributed by atoms with van der Waals surface area (Å²) in [5.74, 6) is 0. The highest BCUT2D eigenvalue weighted by Crippen LogP contribution is 2.36. The van der Waals surface area contributed by atoms with E-state index in [1.54, 1.807) is 7.11 Å². The molecule has 16 heavy (non-hydrogen) atoms. The first-order chi connectivity index (χ1) is 7.49. The van der Waals surface area contributed by atoms with Gasteiger partial charge in [-0.25, -0.2) is 0 Å². The van der Waals surface area contributed by atoms with Crippen molar-refractivity contribution in [1.82, 2.24) is 4.90 Å². The monoisotopic (exact) mass is 228 g/mol. The van der Waals surface area contributed by atoms with E-state index >= 15 is 0 Å². The fourth-order valence-electron chi connectivity index (χ4n) is 2.75. The Bertz CT molecular complexity index is 206. The highest BCUT2D eigenvalue weighted by atomic mass is 16.5. The smallest absolute Gasteiger partial charge is 0.0474 e. The predicted molar refractivity (Wildman–Crippen MR) is 68.5 cm³/mol. The maximum atomic E-state index is 6.39. The molecular formula is C13H28N2O. The largest absolute Gasteiger partial charge is 0.385 e. The second-order valence-corrected chi connectivity index (χ2v) is 5.80. The Labute approximate surface area is 100 Å². The Morgan fingerprint density at radius 3 is 2.75 bits per heavy atom. The van der Waals surface area contributed by atoms with Crippen molar-refractivity contribution in [3.8, 4) is 0 Å². The molecule has 0 aromatic heterocycles. The lowest BCUT2D eigenvalue weighted by molar-refractivity contribution is 0.0776. The molecule has 2 N–H and O–H groups in total. The molecule has 2 unspecified atom stereocenters. The van der Waals surface area contributed by atoms with Crippen molar-refractivity contribution in [3.05, 3.63) is 0 Å². The first kappa shape index (κ1) is 13.9. The van der Waals surface area contributed by atoms with Crippen molar-refractivity contribution in [2.75, 3.05) is 27.3 Å². The Kier molecular flexibility index (Phi) is 5.22. The molecule has 0 amide bonds. The second kappa shape index (κ2) is 5.99. The summed E-state index contributed by atoms with van der Waals surface area (Å²) in [5, 5.41) is 0. The van der Waals surface area contributed by atoms with Gasteiger partial charge in [0.1, 0.15) is 0 Å². The fourth-order valence-corrected chi connectivity index (χ4v) is 2.75. The van der Waals surface area contributed by atoms with E-state index in [4.69, 9.17) is 10.5 Å². The Morgan fingerprint density at radius 1 is 1.44 bits per heavy atom. The van der Waals surface area contributed by atoms with Crippen molar-refractivity contribution in [3.63, 3.8) is 0 Å². The standard InChI is InChI=1S/C13H28N2O/c1-13(2)8-5-7-11(12(13)14)15(3)9-6-10-16-4/h11-12H,5-10,14H2,1-4H3. The number of rotatable bonds is 5. The highest BCUT2D eigenvalue weighted by molar-refractivity contribution is 4.95. The SMILES string of the molecule is COCCCN(C)C1CCCC(C)(C)C1N. The summed E-state index contributed by atoms with van der Waals surface area (Å²) in [6.45, 7) is 6.53. The van der Waals surface area contributed by atoms with Gasteiger partial charge in [0.05, 0.1) is 0 Å². The molecule has 0 heterocycles. The quantitative estimate of drug-likeness (QED) is 0.730. The van der Waals surface area contributed by atoms with Gasteiger partial charge in [0.2, 0.25) is 0 Å². The summed E-state index contributed by atoms with van der Waals surface area (Å²) >= 11 is 0. The second-order valence-electron chi connectivity index (χ2n) is 5.80. The zero-order valence-corrected chi connectivity index (χ0v) is 11.3. The molecule has 0 bridgehead atoms. The van der Waals surface area contributed by atoms with Crippen LogP contribution in [-0.2, 0) is 4.74 Å². The van der Waals surface area contributed by atoms with Crippen LogP contribution in [0.25, 0.3) is 0 Å². The van der Waals surface area contributed by atoms with Gasteiger partial charge in [-0.15, -0.1) is 0 Å². The van der Waals surface area contributed by atoms with E-state index in [1.807, 2.05) is 0 Å². The molecule has 0 aliphatic heterocycles. The molecule has 1 rings (SSSR count). The van der Waals surface area contributed by atoms with Crippen LogP contribution in [-0.4, -0.2) is 44.3 Å². The van der Waals surface area contributed by atoms with Crippen LogP contribution in [0, 0.1) is 5.41 Å². The molecule has 0 saturated heterocycles. The van der Waals surface area contributed by atoms with Crippen molar-refractivity contribution in [2.24, 2.45) is 11.1 Å². The molecule has 2 atom stereocenters. The zero-order valence-electron chi connectivity index (χ0n) is 11.3. The molecule has 1 saturated carbocycles. The molecule has 0 radical (unpaired) electrons. The summed E-state index contributed by atoms with van der Waals surface area (Å²) < 4.78 is 5.09. The number of nitrogens with zero attached hydrogens (tertiary/aromatic N) is 1. The Hall–Kier alpha value is -0.120. The van der Waals surface area contributed by atoms with Gasteiger partial charge in [-0.05, 0) is 31.7 Å². The van der Waals surface area contributed by atoms with Crippen LogP contribution in [0.1, 0.15) is 39.5 Å². The molecule has 3 heteroatoms. The number of methoxy groups -OCH3 is 1. The van der Waals surface area contributed by atoms with Gasteiger partial charge in [0.15, 0.2) is 0 Å². The van der Waals surface area contributed by atoms with Crippen molar-refractivity contribution in [1.29, 1.82) is 0 Å². The average molecular weight is 228 g/mol. The summed E-state index contributed by atoms with van der Waals surface area (Å²) in [6, 6.07) is 0.842. The third kappa shape index (κ3) is 3.44. The van der Waals surface area contributed by atoms with E-state index in [1.165, 1.54) is 19.3 Å². The van der Waals surface area contributed by atoms with Crippen molar-refractivity contribution >= 4 is 0 Å². The van der Waals surface area contributed by atoms with Crippen LogP contribution in [0.2, 0.25) is 0 Å². The molecular weight excluding hydrogens is 200 g/mol. The number of hydrogen-bond donors (Lipinski definition) is 1. The molecule has 1 aliphatic carbocycles. The average Bonchev–Trinajstić information content (AvgIpc) is 2.22. The predicted octanol–water partition coefficient (Wildman–Crippen LogP) is 1.86. The maximum absolute atomic E-state index is 6.39. The summed E-state index contributed by atoms with van der Waals surface area (Å²) in [5.41, 5.74) is 6.68. The van der Waals surface area contributed by atoms with Crippen LogP contribution >= 0.6 is 0 Å². The molecule has 0 aromatic rings. The Balaban J connectivity index is 2.45. The third-order valence-corrected chi connectivity index (χ3v) is 4.06. The first-order valence-corrected chi connectivity index (χ1v) is 6.44. The molecule has 1 aliphatic rings. The number of hydrogen-bond acceptors (Lipinski definition) is 3. The fraction of sp³-hybridized carbons (Fsp3) is 1.00. The van der Waals surface area contributed by atoms with E-state index in [2.05, 4.69) is 25.8 Å². The number of ether oxygens (including phenoxy) is 1. The third-order valence-electron chi connectivity index (χ3n) is 4.06. The van der Waals surface area contributed by atoms with Gasteiger partial charge in [0, 0.05) is 32.3 Å². The minimum Gasteiger partial charge on any atom is -0.385 e. The van der Waals surface area contributed by atoms with Crippen molar-refractivity contribution < 1.29 is 4.74 Å². The topological polar surface area (TPSA) is 38.5 Å². The van der Waals surface area contributed by atoms with Crippen LogP contribution in [0.15, 0.2) is 0 Å². The number of nitrogens with two attached hydrogens (primary N) is 1. The van der Waals surface area contributed by atoms with Gasteiger partial charge in [-0.1, -0.05) is 20.3 Å². The van der Waals surface area contributed by atoms with Gasteiger partial charge in [-0.3, -0.25) is 0 Å². The van der Waals surface area contributed by atoms with Crippen molar-refractivity contribution in [2.45, 2.75) is 51.6 Å². The van der Waals surface area contributed by atoms with E-state index in [-0.39, 0.29) is 0 Å². The lowest BCUT2D eigenvalue weighted by atomic mass is 9.71. The molecule has 3 nitrogen and oxygen atoms in total. The van der Waals surface area contributed by atoms with E-state index in [0.29, 0.717) is 17.5 Å². The van der Waals surface area contributed by atoms with Crippen LogP contribution in [0.4, 0.5) is 0 Å². The summed E-state index contributed by atoms with van der Waals surface area (Å²) in [4.78, 5) is 2.42. The Morgan fingerprint density at radius 2 is 2.12 bits per heavy atom. The lowest BCUT2D eigenvalue weighted by Gasteiger charge is -2.45. The van der Waals surface area contributed by atoms with Crippen LogP contribution < -0.4 is 5.73 Å². The molecule has 96 valence electrons.